The van der Waals surface area contributed by atoms with Gasteiger partial charge in [-0.3, -0.25) is 9.80 Å². The molecule has 1 aliphatic heterocycles. The molecule has 2 N–H and O–H groups in total. The molecule has 0 atom stereocenters. The number of hydrogen-bond donors (Lipinski definition) is 2. The lowest BCUT2D eigenvalue weighted by Gasteiger charge is -2.34. The summed E-state index contributed by atoms with van der Waals surface area (Å²) in [5.74, 6) is -2.70. The van der Waals surface area contributed by atoms with Crippen LogP contribution in [0.15, 0.2) is 84.9 Å². The van der Waals surface area contributed by atoms with Crippen LogP contribution >= 0.6 is 0 Å². The highest BCUT2D eigenvalue weighted by Gasteiger charge is 2.17. The molecule has 0 bridgehead atoms. The number of nitrogens with zero attached hydrogens (tertiary/aromatic N) is 2. The molecule has 0 saturated carbocycles. The summed E-state index contributed by atoms with van der Waals surface area (Å²) in [7, 11) is 0. The van der Waals surface area contributed by atoms with Gasteiger partial charge in [0, 0.05) is 39.3 Å². The summed E-state index contributed by atoms with van der Waals surface area (Å²) in [5, 5.41) is 14.8. The van der Waals surface area contributed by atoms with Gasteiger partial charge in [-0.1, -0.05) is 72.8 Å². The second-order valence-electron chi connectivity index (χ2n) is 8.07. The maximum atomic E-state index is 9.10. The molecular weight excluding hydrogens is 432 g/mol. The Morgan fingerprint density at radius 1 is 0.647 bits per heavy atom. The monoisotopic (exact) mass is 462 g/mol. The molecule has 0 aromatic heterocycles. The predicted molar refractivity (Wildman–Crippen MR) is 129 cm³/mol. The molecule has 1 heterocycles. The summed E-state index contributed by atoms with van der Waals surface area (Å²) in [4.78, 5) is 23.3. The van der Waals surface area contributed by atoms with Crippen LogP contribution in [0.1, 0.15) is 16.7 Å². The number of benzene rings is 3. The summed E-state index contributed by atoms with van der Waals surface area (Å²) in [6.45, 7) is 7.13. The molecule has 1 saturated heterocycles. The number of carboxylic acids is 2. The van der Waals surface area contributed by atoms with E-state index in [0.29, 0.717) is 6.61 Å². The molecule has 4 rings (SSSR count). The number of hydrogen-bond acceptors (Lipinski definition) is 5. The van der Waals surface area contributed by atoms with Crippen molar-refractivity contribution in [1.29, 1.82) is 0 Å². The zero-order chi connectivity index (χ0) is 24.2. The molecule has 178 valence electrons. The standard InChI is InChI=1S/C25H28N2O.C2H2O4/c1-3-8-22(9-4-1)19-26-14-16-27(17-15-26)20-24-12-7-13-25(18-24)28-21-23-10-5-2-6-11-23;3-1(4)2(5)6/h1-13,18H,14-17,19-21H2;(H,3,4)(H,5,6). The summed E-state index contributed by atoms with van der Waals surface area (Å²) in [6, 6.07) is 29.6. The van der Waals surface area contributed by atoms with Gasteiger partial charge >= 0.3 is 11.9 Å². The summed E-state index contributed by atoms with van der Waals surface area (Å²) in [5.41, 5.74) is 3.92. The molecule has 3 aromatic carbocycles. The van der Waals surface area contributed by atoms with Crippen LogP contribution in [-0.4, -0.2) is 58.1 Å². The molecule has 7 heteroatoms. The van der Waals surface area contributed by atoms with Crippen LogP contribution in [0.2, 0.25) is 0 Å². The molecule has 3 aromatic rings. The van der Waals surface area contributed by atoms with Gasteiger partial charge in [0.05, 0.1) is 0 Å². The summed E-state index contributed by atoms with van der Waals surface area (Å²) >= 11 is 0. The fourth-order valence-corrected chi connectivity index (χ4v) is 3.68. The van der Waals surface area contributed by atoms with Gasteiger partial charge in [-0.05, 0) is 28.8 Å². The Morgan fingerprint density at radius 2 is 1.12 bits per heavy atom. The summed E-state index contributed by atoms with van der Waals surface area (Å²) in [6.07, 6.45) is 0. The maximum absolute atomic E-state index is 9.10. The largest absolute Gasteiger partial charge is 0.489 e. The van der Waals surface area contributed by atoms with E-state index in [2.05, 4.69) is 70.5 Å². The van der Waals surface area contributed by atoms with E-state index in [4.69, 9.17) is 24.5 Å². The first-order valence-corrected chi connectivity index (χ1v) is 11.2. The van der Waals surface area contributed by atoms with Gasteiger partial charge in [-0.25, -0.2) is 9.59 Å². The molecule has 7 nitrogen and oxygen atoms in total. The van der Waals surface area contributed by atoms with Gasteiger partial charge in [0.2, 0.25) is 0 Å². The minimum Gasteiger partial charge on any atom is -0.489 e. The highest BCUT2D eigenvalue weighted by Crippen LogP contribution is 2.18. The van der Waals surface area contributed by atoms with Gasteiger partial charge in [-0.2, -0.15) is 0 Å². The van der Waals surface area contributed by atoms with E-state index in [1.54, 1.807) is 0 Å². The van der Waals surface area contributed by atoms with Crippen molar-refractivity contribution < 1.29 is 24.5 Å². The van der Waals surface area contributed by atoms with Crippen LogP contribution in [0.5, 0.6) is 5.75 Å². The zero-order valence-corrected chi connectivity index (χ0v) is 19.0. The van der Waals surface area contributed by atoms with Crippen LogP contribution in [-0.2, 0) is 29.3 Å². The van der Waals surface area contributed by atoms with Crippen molar-refractivity contribution in [3.8, 4) is 5.75 Å². The Balaban J connectivity index is 0.000000481. The number of carboxylic acid groups (broad SMARTS) is 2. The van der Waals surface area contributed by atoms with E-state index in [9.17, 15) is 0 Å². The molecular formula is C27H30N2O5. The zero-order valence-electron chi connectivity index (χ0n) is 19.0. The Morgan fingerprint density at radius 3 is 1.65 bits per heavy atom. The van der Waals surface area contributed by atoms with Crippen molar-refractivity contribution in [3.63, 3.8) is 0 Å². The van der Waals surface area contributed by atoms with Crippen LogP contribution < -0.4 is 4.74 Å². The second-order valence-corrected chi connectivity index (χ2v) is 8.07. The highest BCUT2D eigenvalue weighted by atomic mass is 16.5. The van der Waals surface area contributed by atoms with E-state index >= 15 is 0 Å². The van der Waals surface area contributed by atoms with E-state index in [-0.39, 0.29) is 0 Å². The van der Waals surface area contributed by atoms with Crippen LogP contribution in [0.25, 0.3) is 0 Å². The molecule has 0 unspecified atom stereocenters. The van der Waals surface area contributed by atoms with Crippen LogP contribution in [0.3, 0.4) is 0 Å². The lowest BCUT2D eigenvalue weighted by atomic mass is 10.1. The fraction of sp³-hybridized carbons (Fsp3) is 0.259. The van der Waals surface area contributed by atoms with Crippen molar-refractivity contribution in [2.24, 2.45) is 0 Å². The Kier molecular flexibility index (Phi) is 9.64. The van der Waals surface area contributed by atoms with Crippen molar-refractivity contribution in [1.82, 2.24) is 9.80 Å². The first-order valence-electron chi connectivity index (χ1n) is 11.2. The van der Waals surface area contributed by atoms with Crippen LogP contribution in [0.4, 0.5) is 0 Å². The maximum Gasteiger partial charge on any atom is 0.414 e. The molecule has 0 amide bonds. The van der Waals surface area contributed by atoms with Crippen molar-refractivity contribution >= 4 is 11.9 Å². The topological polar surface area (TPSA) is 90.3 Å². The fourth-order valence-electron chi connectivity index (χ4n) is 3.68. The first kappa shape index (κ1) is 25.0. The average molecular weight is 463 g/mol. The van der Waals surface area contributed by atoms with Gasteiger partial charge < -0.3 is 14.9 Å². The smallest absolute Gasteiger partial charge is 0.414 e. The lowest BCUT2D eigenvalue weighted by molar-refractivity contribution is -0.159. The van der Waals surface area contributed by atoms with E-state index in [0.717, 1.165) is 45.0 Å². The number of ether oxygens (including phenoxy) is 1. The molecule has 0 aliphatic carbocycles. The number of rotatable bonds is 7. The Bertz CT molecular complexity index is 1020. The minimum absolute atomic E-state index is 0.614. The molecule has 1 fully saturated rings. The molecule has 34 heavy (non-hydrogen) atoms. The normalized spacial score (nSPS) is 14.0. The van der Waals surface area contributed by atoms with Crippen molar-refractivity contribution in [2.75, 3.05) is 26.2 Å². The third-order valence-electron chi connectivity index (χ3n) is 5.45. The quantitative estimate of drug-likeness (QED) is 0.517. The molecule has 1 aliphatic rings. The predicted octanol–water partition coefficient (Wildman–Crippen LogP) is 3.74. The number of piperazine rings is 1. The summed E-state index contributed by atoms with van der Waals surface area (Å²) < 4.78 is 5.98. The van der Waals surface area contributed by atoms with E-state index in [1.165, 1.54) is 16.7 Å². The van der Waals surface area contributed by atoms with Gasteiger partial charge in [-0.15, -0.1) is 0 Å². The van der Waals surface area contributed by atoms with Crippen molar-refractivity contribution in [2.45, 2.75) is 19.7 Å². The molecule has 0 radical (unpaired) electrons. The van der Waals surface area contributed by atoms with Crippen LogP contribution in [0, 0.1) is 0 Å². The Hall–Kier alpha value is -3.68. The Labute approximate surface area is 199 Å². The average Bonchev–Trinajstić information content (AvgIpc) is 2.86. The highest BCUT2D eigenvalue weighted by molar-refractivity contribution is 6.27. The third kappa shape index (κ3) is 8.69. The van der Waals surface area contributed by atoms with Gasteiger partial charge in [0.1, 0.15) is 12.4 Å². The second kappa shape index (κ2) is 13.1. The lowest BCUT2D eigenvalue weighted by Crippen LogP contribution is -2.45. The van der Waals surface area contributed by atoms with E-state index < -0.39 is 11.9 Å². The van der Waals surface area contributed by atoms with Gasteiger partial charge in [0.25, 0.3) is 0 Å². The SMILES string of the molecule is O=C(O)C(=O)O.c1ccc(COc2cccc(CN3CCN(Cc4ccccc4)CC3)c2)cc1. The van der Waals surface area contributed by atoms with Crippen molar-refractivity contribution in [3.05, 3.63) is 102 Å². The first-order chi connectivity index (χ1) is 16.5. The number of carbonyl (C=O) groups is 2. The third-order valence-corrected chi connectivity index (χ3v) is 5.45. The minimum atomic E-state index is -1.82. The van der Waals surface area contributed by atoms with E-state index in [1.807, 2.05) is 24.3 Å². The van der Waals surface area contributed by atoms with Gasteiger partial charge in [0.15, 0.2) is 0 Å². The molecule has 0 spiro atoms. The number of aliphatic carboxylic acids is 2.